The summed E-state index contributed by atoms with van der Waals surface area (Å²) in [6.07, 6.45) is 2.04. The van der Waals surface area contributed by atoms with E-state index in [-0.39, 0.29) is 29.9 Å². The minimum absolute atomic E-state index is 0. The van der Waals surface area contributed by atoms with E-state index in [1.165, 1.54) is 0 Å². The molecule has 3 nitrogen and oxygen atoms in total. The van der Waals surface area contributed by atoms with Gasteiger partial charge in [-0.05, 0) is 36.8 Å². The van der Waals surface area contributed by atoms with Crippen molar-refractivity contribution >= 4 is 18.3 Å². The highest BCUT2D eigenvalue weighted by atomic mass is 35.5. The molecule has 0 spiro atoms. The lowest BCUT2D eigenvalue weighted by atomic mass is 9.98. The van der Waals surface area contributed by atoms with E-state index in [4.69, 9.17) is 5.73 Å². The zero-order valence-corrected chi connectivity index (χ0v) is 11.7. The van der Waals surface area contributed by atoms with Crippen molar-refractivity contribution in [2.75, 3.05) is 13.1 Å². The number of hydrogen-bond acceptors (Lipinski definition) is 2. The second-order valence-electron chi connectivity index (χ2n) is 5.53. The predicted octanol–water partition coefficient (Wildman–Crippen LogP) is 2.20. The van der Waals surface area contributed by atoms with E-state index in [1.54, 1.807) is 4.90 Å². The topological polar surface area (TPSA) is 46.3 Å². The number of amides is 1. The molecular weight excluding hydrogens is 286 g/mol. The Morgan fingerprint density at radius 2 is 1.80 bits per heavy atom. The zero-order chi connectivity index (χ0) is 13.6. The summed E-state index contributed by atoms with van der Waals surface area (Å²) in [5, 5.41) is 0. The minimum atomic E-state index is -0.723. The minimum Gasteiger partial charge on any atom is -0.338 e. The van der Waals surface area contributed by atoms with Crippen LogP contribution >= 0.6 is 12.4 Å². The SMILES string of the molecule is Cl.NC1CCC2CN(C(=O)c3cc(F)cc(F)c3)CC12. The first-order valence-electron chi connectivity index (χ1n) is 6.55. The first-order valence-corrected chi connectivity index (χ1v) is 6.55. The van der Waals surface area contributed by atoms with Gasteiger partial charge in [-0.2, -0.15) is 0 Å². The Labute approximate surface area is 122 Å². The molecule has 3 rings (SSSR count). The van der Waals surface area contributed by atoms with Gasteiger partial charge in [0.2, 0.25) is 0 Å². The lowest BCUT2D eigenvalue weighted by Gasteiger charge is -2.18. The van der Waals surface area contributed by atoms with Crippen LogP contribution < -0.4 is 5.73 Å². The van der Waals surface area contributed by atoms with Crippen LogP contribution in [0, 0.1) is 23.5 Å². The third kappa shape index (κ3) is 2.65. The molecule has 1 saturated carbocycles. The molecule has 1 heterocycles. The van der Waals surface area contributed by atoms with Gasteiger partial charge >= 0.3 is 0 Å². The van der Waals surface area contributed by atoms with Crippen LogP contribution in [0.15, 0.2) is 18.2 Å². The van der Waals surface area contributed by atoms with Gasteiger partial charge in [0.15, 0.2) is 0 Å². The summed E-state index contributed by atoms with van der Waals surface area (Å²) in [5.74, 6) is -0.974. The molecule has 2 aliphatic rings. The molecule has 1 aromatic rings. The number of nitrogens with two attached hydrogens (primary N) is 1. The monoisotopic (exact) mass is 302 g/mol. The molecule has 0 aromatic heterocycles. The van der Waals surface area contributed by atoms with E-state index in [9.17, 15) is 13.6 Å². The van der Waals surface area contributed by atoms with Crippen LogP contribution in [-0.2, 0) is 0 Å². The van der Waals surface area contributed by atoms with Gasteiger partial charge in [0.25, 0.3) is 5.91 Å². The third-order valence-corrected chi connectivity index (χ3v) is 4.31. The summed E-state index contributed by atoms with van der Waals surface area (Å²) >= 11 is 0. The molecule has 1 saturated heterocycles. The number of rotatable bonds is 1. The fraction of sp³-hybridized carbons (Fsp3) is 0.500. The summed E-state index contributed by atoms with van der Waals surface area (Å²) in [5.41, 5.74) is 6.09. The Bertz CT molecular complexity index is 506. The average Bonchev–Trinajstić information content (AvgIpc) is 2.90. The predicted molar refractivity (Wildman–Crippen MR) is 73.7 cm³/mol. The van der Waals surface area contributed by atoms with Crippen molar-refractivity contribution < 1.29 is 13.6 Å². The quantitative estimate of drug-likeness (QED) is 0.864. The Balaban J connectivity index is 0.00000147. The van der Waals surface area contributed by atoms with Crippen molar-refractivity contribution in [1.82, 2.24) is 4.90 Å². The van der Waals surface area contributed by atoms with E-state index < -0.39 is 11.6 Å². The number of likely N-dealkylation sites (tertiary alicyclic amines) is 1. The van der Waals surface area contributed by atoms with E-state index in [1.807, 2.05) is 0 Å². The Morgan fingerprint density at radius 1 is 1.15 bits per heavy atom. The zero-order valence-electron chi connectivity index (χ0n) is 10.9. The molecule has 0 bridgehead atoms. The van der Waals surface area contributed by atoms with Crippen LogP contribution in [0.5, 0.6) is 0 Å². The van der Waals surface area contributed by atoms with Gasteiger partial charge in [-0.25, -0.2) is 8.78 Å². The van der Waals surface area contributed by atoms with Gasteiger partial charge in [0.05, 0.1) is 0 Å². The summed E-state index contributed by atoms with van der Waals surface area (Å²) in [7, 11) is 0. The van der Waals surface area contributed by atoms with Crippen molar-refractivity contribution in [3.8, 4) is 0 Å². The maximum atomic E-state index is 13.1. The summed E-state index contributed by atoms with van der Waals surface area (Å²) < 4.78 is 26.3. The molecule has 20 heavy (non-hydrogen) atoms. The Hall–Kier alpha value is -1.20. The molecule has 1 aliphatic carbocycles. The van der Waals surface area contributed by atoms with Crippen LogP contribution in [0.1, 0.15) is 23.2 Å². The van der Waals surface area contributed by atoms with E-state index in [0.29, 0.717) is 24.9 Å². The molecule has 2 fully saturated rings. The molecule has 3 atom stereocenters. The van der Waals surface area contributed by atoms with Gasteiger partial charge in [-0.1, -0.05) is 0 Å². The summed E-state index contributed by atoms with van der Waals surface area (Å²) in [6.45, 7) is 1.25. The normalized spacial score (nSPS) is 28.1. The number of carbonyl (C=O) groups is 1. The van der Waals surface area contributed by atoms with Crippen LogP contribution in [0.2, 0.25) is 0 Å². The van der Waals surface area contributed by atoms with Gasteiger partial charge in [0.1, 0.15) is 11.6 Å². The highest BCUT2D eigenvalue weighted by Gasteiger charge is 2.42. The van der Waals surface area contributed by atoms with Crippen LogP contribution in [-0.4, -0.2) is 29.9 Å². The van der Waals surface area contributed by atoms with Gasteiger partial charge < -0.3 is 10.6 Å². The largest absolute Gasteiger partial charge is 0.338 e. The first kappa shape index (κ1) is 15.2. The average molecular weight is 303 g/mol. The standard InChI is InChI=1S/C14H16F2N2O.ClH/c15-10-3-9(4-11(16)5-10)14(19)18-6-8-1-2-13(17)12(8)7-18;/h3-5,8,12-13H,1-2,6-7,17H2;1H. The molecule has 2 N–H and O–H groups in total. The summed E-state index contributed by atoms with van der Waals surface area (Å²) in [6, 6.07) is 3.08. The van der Waals surface area contributed by atoms with Crippen LogP contribution in [0.25, 0.3) is 0 Å². The number of halogens is 3. The van der Waals surface area contributed by atoms with Crippen molar-refractivity contribution in [2.24, 2.45) is 17.6 Å². The number of carbonyl (C=O) groups excluding carboxylic acids is 1. The fourth-order valence-corrected chi connectivity index (χ4v) is 3.33. The molecule has 1 aliphatic heterocycles. The summed E-state index contributed by atoms with van der Waals surface area (Å²) in [4.78, 5) is 13.9. The molecule has 0 radical (unpaired) electrons. The fourth-order valence-electron chi connectivity index (χ4n) is 3.33. The van der Waals surface area contributed by atoms with Crippen molar-refractivity contribution in [2.45, 2.75) is 18.9 Å². The van der Waals surface area contributed by atoms with Gasteiger partial charge in [-0.3, -0.25) is 4.79 Å². The van der Waals surface area contributed by atoms with Crippen molar-refractivity contribution in [3.05, 3.63) is 35.4 Å². The maximum Gasteiger partial charge on any atom is 0.254 e. The smallest absolute Gasteiger partial charge is 0.254 e. The lowest BCUT2D eigenvalue weighted by molar-refractivity contribution is 0.0778. The third-order valence-electron chi connectivity index (χ3n) is 4.31. The van der Waals surface area contributed by atoms with E-state index >= 15 is 0 Å². The highest BCUT2D eigenvalue weighted by Crippen LogP contribution is 2.37. The number of fused-ring (bicyclic) bond motifs is 1. The first-order chi connectivity index (χ1) is 9.04. The number of benzene rings is 1. The Morgan fingerprint density at radius 3 is 2.40 bits per heavy atom. The molecule has 6 heteroatoms. The van der Waals surface area contributed by atoms with Gasteiger partial charge in [0, 0.05) is 30.8 Å². The van der Waals surface area contributed by atoms with Crippen LogP contribution in [0.4, 0.5) is 8.78 Å². The van der Waals surface area contributed by atoms with Gasteiger partial charge in [-0.15, -0.1) is 12.4 Å². The molecule has 1 aromatic carbocycles. The molecule has 110 valence electrons. The van der Waals surface area contributed by atoms with E-state index in [2.05, 4.69) is 0 Å². The number of hydrogen-bond donors (Lipinski definition) is 1. The lowest BCUT2D eigenvalue weighted by Crippen LogP contribution is -2.33. The second kappa shape index (κ2) is 5.66. The number of nitrogens with zero attached hydrogens (tertiary/aromatic N) is 1. The molecule has 1 amide bonds. The molecular formula is C14H17ClF2N2O. The van der Waals surface area contributed by atoms with Crippen molar-refractivity contribution in [3.63, 3.8) is 0 Å². The van der Waals surface area contributed by atoms with E-state index in [0.717, 1.165) is 31.0 Å². The van der Waals surface area contributed by atoms with Crippen LogP contribution in [0.3, 0.4) is 0 Å². The highest BCUT2D eigenvalue weighted by molar-refractivity contribution is 5.94. The second-order valence-corrected chi connectivity index (χ2v) is 5.53. The maximum absolute atomic E-state index is 13.1. The van der Waals surface area contributed by atoms with Crippen molar-refractivity contribution in [1.29, 1.82) is 0 Å². The molecule has 3 unspecified atom stereocenters. The Kier molecular flexibility index (Phi) is 4.30.